The fraction of sp³-hybridized carbons (Fsp3) is 0.647. The Morgan fingerprint density at radius 3 is 2.79 bits per heavy atom. The van der Waals surface area contributed by atoms with Gasteiger partial charge in [-0.15, -0.1) is 0 Å². The fourth-order valence-electron chi connectivity index (χ4n) is 2.74. The molecule has 0 bridgehead atoms. The van der Waals surface area contributed by atoms with E-state index in [1.54, 1.807) is 12.1 Å². The van der Waals surface area contributed by atoms with Crippen LogP contribution in [0.25, 0.3) is 0 Å². The molecule has 1 fully saturated rings. The minimum atomic E-state index is -0.564. The average molecular weight is 336 g/mol. The first-order chi connectivity index (χ1) is 11.6. The van der Waals surface area contributed by atoms with E-state index in [4.69, 9.17) is 14.9 Å². The molecule has 24 heavy (non-hydrogen) atoms. The number of aliphatic imine (C=N–C) groups is 1. The third-order valence-electron chi connectivity index (χ3n) is 4.20. The van der Waals surface area contributed by atoms with Crippen LogP contribution >= 0.6 is 0 Å². The van der Waals surface area contributed by atoms with Gasteiger partial charge in [0, 0.05) is 33.4 Å². The summed E-state index contributed by atoms with van der Waals surface area (Å²) in [6.45, 7) is 5.91. The van der Waals surface area contributed by atoms with Crippen molar-refractivity contribution in [3.05, 3.63) is 23.7 Å². The van der Waals surface area contributed by atoms with E-state index in [9.17, 15) is 4.79 Å². The predicted octanol–water partition coefficient (Wildman–Crippen LogP) is 1.59. The standard InChI is InChI=1S/C17H28N4O3/c1-3-19-17(20-12-14-4-5-15(24-14)16(18)22)21(2)9-6-13-7-10-23-11-8-13/h4-5,13H,3,6-12H2,1-2H3,(H2,18,22)(H,19,20). The van der Waals surface area contributed by atoms with Crippen molar-refractivity contribution in [2.45, 2.75) is 32.7 Å². The van der Waals surface area contributed by atoms with E-state index in [0.29, 0.717) is 12.3 Å². The van der Waals surface area contributed by atoms with E-state index in [-0.39, 0.29) is 5.76 Å². The van der Waals surface area contributed by atoms with Gasteiger partial charge in [-0.25, -0.2) is 4.99 Å². The maximum atomic E-state index is 11.1. The minimum absolute atomic E-state index is 0.165. The van der Waals surface area contributed by atoms with Crippen LogP contribution in [0.15, 0.2) is 21.5 Å². The highest BCUT2D eigenvalue weighted by Crippen LogP contribution is 2.18. The molecule has 0 unspecified atom stereocenters. The second-order valence-electron chi connectivity index (χ2n) is 6.07. The van der Waals surface area contributed by atoms with Crippen molar-refractivity contribution in [1.82, 2.24) is 10.2 Å². The molecule has 2 rings (SSSR count). The van der Waals surface area contributed by atoms with Crippen molar-refractivity contribution in [2.24, 2.45) is 16.6 Å². The van der Waals surface area contributed by atoms with Gasteiger partial charge in [-0.05, 0) is 44.2 Å². The molecule has 0 radical (unpaired) electrons. The van der Waals surface area contributed by atoms with Crippen LogP contribution < -0.4 is 11.1 Å². The average Bonchev–Trinajstić information content (AvgIpc) is 3.06. The summed E-state index contributed by atoms with van der Waals surface area (Å²) in [5.74, 6) is 1.79. The molecule has 0 aliphatic carbocycles. The molecule has 1 aliphatic rings. The number of carbonyl (C=O) groups is 1. The Morgan fingerprint density at radius 1 is 1.42 bits per heavy atom. The maximum absolute atomic E-state index is 11.1. The molecule has 0 atom stereocenters. The second-order valence-corrected chi connectivity index (χ2v) is 6.07. The Kier molecular flexibility index (Phi) is 7.11. The summed E-state index contributed by atoms with van der Waals surface area (Å²) in [5, 5.41) is 3.29. The van der Waals surface area contributed by atoms with Crippen LogP contribution in [0.5, 0.6) is 0 Å². The quantitative estimate of drug-likeness (QED) is 0.583. The van der Waals surface area contributed by atoms with Gasteiger partial charge in [-0.1, -0.05) is 0 Å². The highest BCUT2D eigenvalue weighted by atomic mass is 16.5. The zero-order valence-electron chi connectivity index (χ0n) is 14.6. The molecular weight excluding hydrogens is 308 g/mol. The van der Waals surface area contributed by atoms with Gasteiger partial charge in [0.1, 0.15) is 12.3 Å². The number of furan rings is 1. The van der Waals surface area contributed by atoms with Gasteiger partial charge >= 0.3 is 0 Å². The van der Waals surface area contributed by atoms with Gasteiger partial charge in [0.05, 0.1) is 0 Å². The van der Waals surface area contributed by atoms with Crippen LogP contribution in [0.1, 0.15) is 42.5 Å². The number of guanidine groups is 1. The third-order valence-corrected chi connectivity index (χ3v) is 4.20. The molecule has 1 aromatic rings. The van der Waals surface area contributed by atoms with E-state index in [1.165, 1.54) is 0 Å². The topological polar surface area (TPSA) is 93.1 Å². The fourth-order valence-corrected chi connectivity index (χ4v) is 2.74. The highest BCUT2D eigenvalue weighted by molar-refractivity contribution is 5.89. The Hall–Kier alpha value is -2.02. The number of nitrogens with one attached hydrogen (secondary N) is 1. The van der Waals surface area contributed by atoms with Gasteiger partial charge in [0.15, 0.2) is 11.7 Å². The van der Waals surface area contributed by atoms with Gasteiger partial charge in [-0.2, -0.15) is 0 Å². The first-order valence-electron chi connectivity index (χ1n) is 8.55. The van der Waals surface area contributed by atoms with Crippen LogP contribution in [0.4, 0.5) is 0 Å². The van der Waals surface area contributed by atoms with E-state index in [0.717, 1.165) is 57.4 Å². The molecule has 134 valence electrons. The van der Waals surface area contributed by atoms with Crippen molar-refractivity contribution in [3.63, 3.8) is 0 Å². The Balaban J connectivity index is 1.89. The Labute approximate surface area is 143 Å². The molecule has 1 aliphatic heterocycles. The first kappa shape index (κ1) is 18.3. The lowest BCUT2D eigenvalue weighted by molar-refractivity contribution is 0.0625. The number of nitrogens with zero attached hydrogens (tertiary/aromatic N) is 2. The van der Waals surface area contributed by atoms with Crippen molar-refractivity contribution >= 4 is 11.9 Å². The van der Waals surface area contributed by atoms with Crippen LogP contribution in [-0.2, 0) is 11.3 Å². The zero-order chi connectivity index (χ0) is 17.4. The van der Waals surface area contributed by atoms with Crippen LogP contribution in [-0.4, -0.2) is 50.1 Å². The van der Waals surface area contributed by atoms with Crippen molar-refractivity contribution in [1.29, 1.82) is 0 Å². The van der Waals surface area contributed by atoms with Gasteiger partial charge in [0.2, 0.25) is 0 Å². The number of amides is 1. The summed E-state index contributed by atoms with van der Waals surface area (Å²) < 4.78 is 10.8. The summed E-state index contributed by atoms with van der Waals surface area (Å²) >= 11 is 0. The van der Waals surface area contributed by atoms with Gasteiger partial charge in [0.25, 0.3) is 5.91 Å². The SMILES string of the molecule is CCNC(=NCc1ccc(C(N)=O)o1)N(C)CCC1CCOCC1. The largest absolute Gasteiger partial charge is 0.454 e. The molecular formula is C17H28N4O3. The monoisotopic (exact) mass is 336 g/mol. The lowest BCUT2D eigenvalue weighted by atomic mass is 9.96. The van der Waals surface area contributed by atoms with Crippen LogP contribution in [0, 0.1) is 5.92 Å². The molecule has 1 aromatic heterocycles. The number of primary amides is 1. The number of carbonyl (C=O) groups excluding carboxylic acids is 1. The molecule has 3 N–H and O–H groups in total. The van der Waals surface area contributed by atoms with Gasteiger partial charge < -0.3 is 25.1 Å². The van der Waals surface area contributed by atoms with E-state index in [1.807, 2.05) is 14.0 Å². The molecule has 7 nitrogen and oxygen atoms in total. The van der Waals surface area contributed by atoms with Gasteiger partial charge in [-0.3, -0.25) is 4.79 Å². The van der Waals surface area contributed by atoms with E-state index in [2.05, 4.69) is 15.2 Å². The molecule has 1 saturated heterocycles. The molecule has 0 saturated carbocycles. The van der Waals surface area contributed by atoms with Crippen molar-refractivity contribution < 1.29 is 13.9 Å². The lowest BCUT2D eigenvalue weighted by Gasteiger charge is -2.26. The highest BCUT2D eigenvalue weighted by Gasteiger charge is 2.15. The predicted molar refractivity (Wildman–Crippen MR) is 92.8 cm³/mol. The molecule has 2 heterocycles. The number of rotatable bonds is 7. The minimum Gasteiger partial charge on any atom is -0.454 e. The van der Waals surface area contributed by atoms with Crippen molar-refractivity contribution in [3.8, 4) is 0 Å². The summed E-state index contributed by atoms with van der Waals surface area (Å²) in [5.41, 5.74) is 5.19. The number of hydrogen-bond acceptors (Lipinski definition) is 4. The summed E-state index contributed by atoms with van der Waals surface area (Å²) in [6.07, 6.45) is 3.42. The van der Waals surface area contributed by atoms with Crippen LogP contribution in [0.3, 0.4) is 0 Å². The maximum Gasteiger partial charge on any atom is 0.284 e. The number of hydrogen-bond donors (Lipinski definition) is 2. The zero-order valence-corrected chi connectivity index (χ0v) is 14.6. The molecule has 0 spiro atoms. The number of nitrogens with two attached hydrogens (primary N) is 1. The third kappa shape index (κ3) is 5.56. The summed E-state index contributed by atoms with van der Waals surface area (Å²) in [7, 11) is 2.04. The first-order valence-corrected chi connectivity index (χ1v) is 8.55. The summed E-state index contributed by atoms with van der Waals surface area (Å²) in [6, 6.07) is 3.31. The smallest absolute Gasteiger partial charge is 0.284 e. The molecule has 0 aromatic carbocycles. The van der Waals surface area contributed by atoms with E-state index >= 15 is 0 Å². The van der Waals surface area contributed by atoms with Crippen LogP contribution in [0.2, 0.25) is 0 Å². The molecule has 1 amide bonds. The second kappa shape index (κ2) is 9.32. The Bertz CT molecular complexity index is 550. The van der Waals surface area contributed by atoms with E-state index < -0.39 is 5.91 Å². The van der Waals surface area contributed by atoms with Crippen molar-refractivity contribution in [2.75, 3.05) is 33.4 Å². The Morgan fingerprint density at radius 2 is 2.17 bits per heavy atom. The lowest BCUT2D eigenvalue weighted by Crippen LogP contribution is -2.40. The number of ether oxygens (including phenoxy) is 1. The molecule has 7 heteroatoms. The normalized spacial score (nSPS) is 16.2. The summed E-state index contributed by atoms with van der Waals surface area (Å²) in [4.78, 5) is 17.8.